The highest BCUT2D eigenvalue weighted by molar-refractivity contribution is 5.95. The first kappa shape index (κ1) is 29.8. The van der Waals surface area contributed by atoms with Crippen molar-refractivity contribution < 1.29 is 31.8 Å². The number of aromatic nitrogens is 4. The lowest BCUT2D eigenvalue weighted by atomic mass is 9.98. The summed E-state index contributed by atoms with van der Waals surface area (Å²) in [6.07, 6.45) is -0.624. The van der Waals surface area contributed by atoms with E-state index in [4.69, 9.17) is 9.47 Å². The van der Waals surface area contributed by atoms with E-state index in [0.29, 0.717) is 28.7 Å². The van der Waals surface area contributed by atoms with E-state index in [0.717, 1.165) is 29.1 Å². The number of hydrogen-bond donors (Lipinski definition) is 1. The van der Waals surface area contributed by atoms with Crippen LogP contribution in [0.25, 0.3) is 22.0 Å². The van der Waals surface area contributed by atoms with Crippen LogP contribution in [0.3, 0.4) is 0 Å². The molecule has 0 unspecified atom stereocenters. The zero-order valence-corrected chi connectivity index (χ0v) is 22.9. The number of anilines is 1. The van der Waals surface area contributed by atoms with Crippen LogP contribution in [-0.2, 0) is 26.9 Å². The first-order valence-electron chi connectivity index (χ1n) is 12.8. The molecule has 0 radical (unpaired) electrons. The Hall–Kier alpha value is -4.19. The fourth-order valence-corrected chi connectivity index (χ4v) is 4.06. The van der Waals surface area contributed by atoms with Gasteiger partial charge in [0.1, 0.15) is 30.2 Å². The molecule has 216 valence electrons. The monoisotopic (exact) mass is 571 g/mol. The number of halogens is 4. The lowest BCUT2D eigenvalue weighted by Crippen LogP contribution is -2.26. The average molecular weight is 572 g/mol. The second-order valence-electron chi connectivity index (χ2n) is 10.4. The summed E-state index contributed by atoms with van der Waals surface area (Å²) in [4.78, 5) is 27.7. The van der Waals surface area contributed by atoms with Gasteiger partial charge >= 0.3 is 12.1 Å². The predicted molar refractivity (Wildman–Crippen MR) is 144 cm³/mol. The van der Waals surface area contributed by atoms with E-state index in [9.17, 15) is 22.4 Å². The number of nitrogens with zero attached hydrogens (tertiary/aromatic N) is 4. The van der Waals surface area contributed by atoms with Gasteiger partial charge in [-0.1, -0.05) is 12.1 Å². The summed E-state index contributed by atoms with van der Waals surface area (Å²) in [5, 5.41) is 3.85. The normalized spacial score (nSPS) is 12.8. The summed E-state index contributed by atoms with van der Waals surface area (Å²) in [7, 11) is 0. The molecular formula is C29H29F4N5O3. The third kappa shape index (κ3) is 7.94. The van der Waals surface area contributed by atoms with Crippen LogP contribution in [0.1, 0.15) is 50.7 Å². The van der Waals surface area contributed by atoms with Crippen molar-refractivity contribution in [2.45, 2.75) is 51.9 Å². The second kappa shape index (κ2) is 12.1. The third-order valence-corrected chi connectivity index (χ3v) is 5.93. The maximum absolute atomic E-state index is 13.6. The maximum atomic E-state index is 13.6. The van der Waals surface area contributed by atoms with E-state index >= 15 is 0 Å². The number of rotatable bonds is 9. The second-order valence-corrected chi connectivity index (χ2v) is 10.4. The Morgan fingerprint density at radius 1 is 0.976 bits per heavy atom. The van der Waals surface area contributed by atoms with Gasteiger partial charge in [0.05, 0.1) is 18.2 Å². The van der Waals surface area contributed by atoms with Crippen LogP contribution in [-0.4, -0.2) is 44.7 Å². The van der Waals surface area contributed by atoms with Gasteiger partial charge in [-0.2, -0.15) is 13.2 Å². The molecule has 2 aromatic carbocycles. The fourth-order valence-electron chi connectivity index (χ4n) is 4.06. The Labute approximate surface area is 234 Å². The number of fused-ring (bicyclic) bond motifs is 1. The zero-order chi connectivity index (χ0) is 29.8. The Kier molecular flexibility index (Phi) is 8.81. The molecule has 0 aliphatic heterocycles. The molecule has 0 saturated heterocycles. The van der Waals surface area contributed by atoms with Crippen LogP contribution in [0, 0.1) is 5.82 Å². The Morgan fingerprint density at radius 3 is 2.29 bits per heavy atom. The fraction of sp³-hybridized carbons (Fsp3) is 0.345. The van der Waals surface area contributed by atoms with Gasteiger partial charge in [0.25, 0.3) is 0 Å². The van der Waals surface area contributed by atoms with Crippen LogP contribution in [0.15, 0.2) is 55.1 Å². The molecule has 0 aliphatic carbocycles. The Morgan fingerprint density at radius 2 is 1.66 bits per heavy atom. The van der Waals surface area contributed by atoms with Gasteiger partial charge in [0.15, 0.2) is 0 Å². The number of carbonyl (C=O) groups is 1. The highest BCUT2D eigenvalue weighted by atomic mass is 19.4. The standard InChI is InChI=1S/C29H29F4N5O3/c1-17(21-13-34-27(35-14-21)29(31,32)33)38-26-23-12-20(18-5-7-22(30)8-6-18)11-19(25(23)36-16-37-26)9-10-40-15-24(39)41-28(2,3)4/h5-8,11-14,16-17H,9-10,15H2,1-4H3,(H,36,37,38)/t17-/m1/s1. The van der Waals surface area contributed by atoms with Crippen LogP contribution in [0.2, 0.25) is 0 Å². The first-order chi connectivity index (χ1) is 19.3. The number of hydrogen-bond acceptors (Lipinski definition) is 8. The number of nitrogens with one attached hydrogen (secondary N) is 1. The molecule has 0 bridgehead atoms. The summed E-state index contributed by atoms with van der Waals surface area (Å²) in [6, 6.07) is 9.29. The predicted octanol–water partition coefficient (Wildman–Crippen LogP) is 6.32. The minimum absolute atomic E-state index is 0.202. The van der Waals surface area contributed by atoms with E-state index in [2.05, 4.69) is 25.3 Å². The van der Waals surface area contributed by atoms with Crippen molar-refractivity contribution in [1.82, 2.24) is 19.9 Å². The van der Waals surface area contributed by atoms with Crippen molar-refractivity contribution in [3.8, 4) is 11.1 Å². The smallest absolute Gasteiger partial charge is 0.451 e. The van der Waals surface area contributed by atoms with Gasteiger partial charge in [-0.05, 0) is 75.1 Å². The summed E-state index contributed by atoms with van der Waals surface area (Å²) in [5.41, 5.74) is 2.73. The van der Waals surface area contributed by atoms with Gasteiger partial charge in [0, 0.05) is 23.3 Å². The van der Waals surface area contributed by atoms with Crippen LogP contribution < -0.4 is 5.32 Å². The molecule has 1 atom stereocenters. The minimum Gasteiger partial charge on any atom is -0.458 e. The third-order valence-electron chi connectivity index (χ3n) is 5.93. The van der Waals surface area contributed by atoms with Crippen LogP contribution >= 0.6 is 0 Å². The molecule has 0 aliphatic rings. The Bertz CT molecular complexity index is 1500. The van der Waals surface area contributed by atoms with Gasteiger partial charge in [-0.3, -0.25) is 0 Å². The van der Waals surface area contributed by atoms with Crippen molar-refractivity contribution in [1.29, 1.82) is 0 Å². The van der Waals surface area contributed by atoms with Gasteiger partial charge in [-0.25, -0.2) is 29.1 Å². The van der Waals surface area contributed by atoms with Gasteiger partial charge in [0.2, 0.25) is 5.82 Å². The molecule has 4 aromatic rings. The summed E-state index contributed by atoms with van der Waals surface area (Å²) >= 11 is 0. The topological polar surface area (TPSA) is 99.1 Å². The van der Waals surface area contributed by atoms with E-state index in [1.54, 1.807) is 39.8 Å². The molecule has 4 rings (SSSR count). The quantitative estimate of drug-likeness (QED) is 0.142. The van der Waals surface area contributed by atoms with E-state index in [-0.39, 0.29) is 19.0 Å². The lowest BCUT2D eigenvalue weighted by molar-refractivity contribution is -0.160. The van der Waals surface area contributed by atoms with E-state index in [1.165, 1.54) is 18.5 Å². The van der Waals surface area contributed by atoms with Crippen molar-refractivity contribution >= 4 is 22.7 Å². The van der Waals surface area contributed by atoms with E-state index in [1.807, 2.05) is 12.1 Å². The molecular weight excluding hydrogens is 542 g/mol. The van der Waals surface area contributed by atoms with Crippen molar-refractivity contribution in [3.63, 3.8) is 0 Å². The van der Waals surface area contributed by atoms with E-state index < -0.39 is 29.6 Å². The molecule has 0 fully saturated rings. The maximum Gasteiger partial charge on any atom is 0.451 e. The van der Waals surface area contributed by atoms with Crippen LogP contribution in [0.4, 0.5) is 23.4 Å². The molecule has 0 spiro atoms. The van der Waals surface area contributed by atoms with Crippen molar-refractivity contribution in [2.24, 2.45) is 0 Å². The molecule has 12 heteroatoms. The Balaban J connectivity index is 1.62. The lowest BCUT2D eigenvalue weighted by Gasteiger charge is -2.19. The molecule has 1 N–H and O–H groups in total. The highest BCUT2D eigenvalue weighted by Gasteiger charge is 2.34. The molecule has 0 amide bonds. The first-order valence-corrected chi connectivity index (χ1v) is 12.8. The minimum atomic E-state index is -4.64. The van der Waals surface area contributed by atoms with Crippen LogP contribution in [0.5, 0.6) is 0 Å². The van der Waals surface area contributed by atoms with Gasteiger partial charge < -0.3 is 14.8 Å². The molecule has 2 heterocycles. The number of carbonyl (C=O) groups excluding carboxylic acids is 1. The number of ether oxygens (including phenoxy) is 2. The SMILES string of the molecule is C[C@@H](Nc1ncnc2c(CCOCC(=O)OC(C)(C)C)cc(-c3ccc(F)cc3)cc12)c1cnc(C(F)(F)F)nc1. The molecule has 2 aromatic heterocycles. The number of esters is 1. The number of alkyl halides is 3. The molecule has 41 heavy (non-hydrogen) atoms. The number of benzene rings is 2. The zero-order valence-electron chi connectivity index (χ0n) is 22.9. The van der Waals surface area contributed by atoms with Gasteiger partial charge in [-0.15, -0.1) is 0 Å². The molecule has 0 saturated carbocycles. The largest absolute Gasteiger partial charge is 0.458 e. The van der Waals surface area contributed by atoms with Crippen molar-refractivity contribution in [3.05, 3.63) is 77.9 Å². The average Bonchev–Trinajstić information content (AvgIpc) is 2.90. The van der Waals surface area contributed by atoms with Crippen molar-refractivity contribution in [2.75, 3.05) is 18.5 Å². The highest BCUT2D eigenvalue weighted by Crippen LogP contribution is 2.32. The summed E-state index contributed by atoms with van der Waals surface area (Å²) < 4.78 is 63.1. The molecule has 8 nitrogen and oxygen atoms in total. The summed E-state index contributed by atoms with van der Waals surface area (Å²) in [6.45, 7) is 7.06. The summed E-state index contributed by atoms with van der Waals surface area (Å²) in [5.74, 6) is -1.63.